The second-order valence-corrected chi connectivity index (χ2v) is 12.4. The van der Waals surface area contributed by atoms with Crippen molar-refractivity contribution in [1.29, 1.82) is 0 Å². The van der Waals surface area contributed by atoms with Crippen LogP contribution in [0, 0.1) is 6.92 Å². The van der Waals surface area contributed by atoms with Crippen LogP contribution in [0.3, 0.4) is 0 Å². The molecule has 0 radical (unpaired) electrons. The average Bonchev–Trinajstić information content (AvgIpc) is 3.12. The lowest BCUT2D eigenvalue weighted by Crippen LogP contribution is -2.30. The Bertz CT molecular complexity index is 2090. The minimum absolute atomic E-state index is 0.0953. The average molecular weight is 648 g/mol. The molecule has 6 aromatic rings. The molecular formula is C41H33N3O3S. The molecule has 3 N–H and O–H groups in total. The predicted octanol–water partition coefficient (Wildman–Crippen LogP) is 9.03. The molecule has 0 saturated heterocycles. The van der Waals surface area contributed by atoms with E-state index in [4.69, 9.17) is 0 Å². The minimum Gasteiger partial charge on any atom is -0.325 e. The number of carbonyl (C=O) groups is 3. The fraction of sp³-hybridized carbons (Fsp3) is 0.0488. The van der Waals surface area contributed by atoms with Gasteiger partial charge in [-0.3, -0.25) is 14.4 Å². The quantitative estimate of drug-likeness (QED) is 0.102. The number of hydrogen-bond donors (Lipinski definition) is 3. The van der Waals surface area contributed by atoms with E-state index in [1.807, 2.05) is 128 Å². The third-order valence-electron chi connectivity index (χ3n) is 7.66. The van der Waals surface area contributed by atoms with Crippen LogP contribution >= 0.6 is 11.8 Å². The lowest BCUT2D eigenvalue weighted by atomic mass is 10.0. The van der Waals surface area contributed by atoms with Gasteiger partial charge in [-0.15, -0.1) is 11.8 Å². The number of carbonyl (C=O) groups excluding carboxylic acids is 3. The second kappa shape index (κ2) is 15.1. The Balaban J connectivity index is 1.26. The van der Waals surface area contributed by atoms with Crippen LogP contribution in [0.1, 0.15) is 32.3 Å². The maximum atomic E-state index is 13.8. The van der Waals surface area contributed by atoms with Crippen molar-refractivity contribution < 1.29 is 14.4 Å². The van der Waals surface area contributed by atoms with E-state index in [-0.39, 0.29) is 11.6 Å². The lowest BCUT2D eigenvalue weighted by molar-refractivity contribution is -0.116. The Hall–Kier alpha value is -5.92. The smallest absolute Gasteiger partial charge is 0.272 e. The van der Waals surface area contributed by atoms with Gasteiger partial charge in [-0.1, -0.05) is 115 Å². The largest absolute Gasteiger partial charge is 0.325 e. The summed E-state index contributed by atoms with van der Waals surface area (Å²) in [7, 11) is 0. The van der Waals surface area contributed by atoms with Crippen LogP contribution in [0.25, 0.3) is 16.8 Å². The highest BCUT2D eigenvalue weighted by Crippen LogP contribution is 2.37. The van der Waals surface area contributed by atoms with Crippen LogP contribution in [0.4, 0.5) is 11.4 Å². The SMILES string of the molecule is Cc1ccc(NC(=O)C(Sc2cccc(NC(=O)/C(=C\c3cccc4ccccc34)NC(=O)c3ccccc3)c2)c2ccccc2)cc1. The number of anilines is 2. The van der Waals surface area contributed by atoms with Gasteiger partial charge in [-0.25, -0.2) is 0 Å². The molecule has 0 heterocycles. The van der Waals surface area contributed by atoms with Gasteiger partial charge in [0.25, 0.3) is 11.8 Å². The van der Waals surface area contributed by atoms with Gasteiger partial charge in [0.2, 0.25) is 5.91 Å². The van der Waals surface area contributed by atoms with Crippen molar-refractivity contribution in [2.45, 2.75) is 17.1 Å². The van der Waals surface area contributed by atoms with E-state index in [0.717, 1.165) is 38.0 Å². The number of benzene rings is 6. The zero-order valence-corrected chi connectivity index (χ0v) is 27.0. The Morgan fingerprint density at radius 3 is 2.08 bits per heavy atom. The highest BCUT2D eigenvalue weighted by Gasteiger charge is 2.23. The molecule has 0 aromatic heterocycles. The minimum atomic E-state index is -0.551. The summed E-state index contributed by atoms with van der Waals surface area (Å²) in [6.45, 7) is 2.00. The van der Waals surface area contributed by atoms with Gasteiger partial charge in [-0.2, -0.15) is 0 Å². The van der Waals surface area contributed by atoms with Crippen LogP contribution < -0.4 is 16.0 Å². The molecular weight excluding hydrogens is 615 g/mol. The lowest BCUT2D eigenvalue weighted by Gasteiger charge is -2.18. The number of aryl methyl sites for hydroxylation is 1. The fourth-order valence-electron chi connectivity index (χ4n) is 5.20. The molecule has 0 aliphatic heterocycles. The molecule has 6 nitrogen and oxygen atoms in total. The van der Waals surface area contributed by atoms with Crippen molar-refractivity contribution in [2.24, 2.45) is 0 Å². The Kier molecular flexibility index (Phi) is 10.1. The van der Waals surface area contributed by atoms with Crippen LogP contribution in [0.15, 0.2) is 162 Å². The summed E-state index contributed by atoms with van der Waals surface area (Å²) in [6.07, 6.45) is 1.69. The number of hydrogen-bond acceptors (Lipinski definition) is 4. The first-order chi connectivity index (χ1) is 23.4. The molecule has 236 valence electrons. The van der Waals surface area contributed by atoms with E-state index in [2.05, 4.69) is 16.0 Å². The zero-order valence-electron chi connectivity index (χ0n) is 26.2. The molecule has 7 heteroatoms. The van der Waals surface area contributed by atoms with Gasteiger partial charge >= 0.3 is 0 Å². The zero-order chi connectivity index (χ0) is 33.3. The van der Waals surface area contributed by atoms with E-state index in [0.29, 0.717) is 11.3 Å². The van der Waals surface area contributed by atoms with Crippen molar-refractivity contribution in [3.05, 3.63) is 180 Å². The highest BCUT2D eigenvalue weighted by atomic mass is 32.2. The topological polar surface area (TPSA) is 87.3 Å². The molecule has 48 heavy (non-hydrogen) atoms. The van der Waals surface area contributed by atoms with Crippen LogP contribution in [-0.2, 0) is 9.59 Å². The van der Waals surface area contributed by atoms with Crippen LogP contribution in [0.5, 0.6) is 0 Å². The molecule has 0 bridgehead atoms. The normalized spacial score (nSPS) is 11.8. The first-order valence-corrected chi connectivity index (χ1v) is 16.4. The standard InChI is InChI=1S/C41H33N3O3S/c1-28-22-24-33(25-23-28)42-41(47)38(30-13-4-2-5-14-30)48-35-20-11-19-34(27-35)43-40(46)37(44-39(45)31-15-6-3-7-16-31)26-32-18-10-17-29-12-8-9-21-36(29)32/h2-27,38H,1H3,(H,42,47)(H,43,46)(H,44,45)/b37-26+. The molecule has 1 unspecified atom stereocenters. The molecule has 0 fully saturated rings. The summed E-state index contributed by atoms with van der Waals surface area (Å²) < 4.78 is 0. The first-order valence-electron chi connectivity index (χ1n) is 15.5. The molecule has 3 amide bonds. The molecule has 1 atom stereocenters. The molecule has 0 aliphatic carbocycles. The number of rotatable bonds is 10. The van der Waals surface area contributed by atoms with Gasteiger partial charge in [0.1, 0.15) is 10.9 Å². The Labute approximate surface area is 283 Å². The number of fused-ring (bicyclic) bond motifs is 1. The molecule has 6 rings (SSSR count). The molecule has 0 saturated carbocycles. The van der Waals surface area contributed by atoms with Gasteiger partial charge in [0.15, 0.2) is 0 Å². The number of nitrogens with one attached hydrogen (secondary N) is 3. The Morgan fingerprint density at radius 1 is 0.646 bits per heavy atom. The van der Waals surface area contributed by atoms with Crippen LogP contribution in [-0.4, -0.2) is 17.7 Å². The van der Waals surface area contributed by atoms with Crippen molar-refractivity contribution in [3.8, 4) is 0 Å². The van der Waals surface area contributed by atoms with E-state index in [1.54, 1.807) is 36.4 Å². The molecule has 0 spiro atoms. The van der Waals surface area contributed by atoms with Gasteiger partial charge in [0, 0.05) is 21.8 Å². The monoisotopic (exact) mass is 647 g/mol. The van der Waals surface area contributed by atoms with E-state index in [1.165, 1.54) is 11.8 Å². The third kappa shape index (κ3) is 8.07. The second-order valence-electron chi connectivity index (χ2n) is 11.2. The van der Waals surface area contributed by atoms with E-state index < -0.39 is 17.1 Å². The molecule has 0 aliphatic rings. The van der Waals surface area contributed by atoms with Crippen molar-refractivity contribution in [1.82, 2.24) is 5.32 Å². The maximum absolute atomic E-state index is 13.8. The number of amides is 3. The van der Waals surface area contributed by atoms with Gasteiger partial charge < -0.3 is 16.0 Å². The molecule has 6 aromatic carbocycles. The highest BCUT2D eigenvalue weighted by molar-refractivity contribution is 8.00. The fourth-order valence-corrected chi connectivity index (χ4v) is 6.28. The van der Waals surface area contributed by atoms with Crippen molar-refractivity contribution in [3.63, 3.8) is 0 Å². The summed E-state index contributed by atoms with van der Waals surface area (Å²) in [5.74, 6) is -1.04. The summed E-state index contributed by atoms with van der Waals surface area (Å²) in [5.41, 5.74) is 4.52. The summed E-state index contributed by atoms with van der Waals surface area (Å²) in [5, 5.41) is 10.2. The van der Waals surface area contributed by atoms with Gasteiger partial charge in [0.05, 0.1) is 0 Å². The predicted molar refractivity (Wildman–Crippen MR) is 196 cm³/mol. The summed E-state index contributed by atoms with van der Waals surface area (Å²) >= 11 is 1.39. The summed E-state index contributed by atoms with van der Waals surface area (Å²) in [4.78, 5) is 41.4. The van der Waals surface area contributed by atoms with Gasteiger partial charge in [-0.05, 0) is 77.4 Å². The maximum Gasteiger partial charge on any atom is 0.272 e. The van der Waals surface area contributed by atoms with E-state index >= 15 is 0 Å². The first kappa shape index (κ1) is 32.0. The van der Waals surface area contributed by atoms with Crippen molar-refractivity contribution in [2.75, 3.05) is 10.6 Å². The number of thioether (sulfide) groups is 1. The Morgan fingerprint density at radius 2 is 1.31 bits per heavy atom. The van der Waals surface area contributed by atoms with Crippen molar-refractivity contribution >= 4 is 57.7 Å². The van der Waals surface area contributed by atoms with E-state index in [9.17, 15) is 14.4 Å². The third-order valence-corrected chi connectivity index (χ3v) is 8.91. The summed E-state index contributed by atoms with van der Waals surface area (Å²) in [6, 6.07) is 47.1. The van der Waals surface area contributed by atoms with Crippen LogP contribution in [0.2, 0.25) is 0 Å².